The largest absolute Gasteiger partial charge is 0.495 e. The molecule has 0 saturated carbocycles. The molecule has 0 saturated heterocycles. The number of hydrogen-bond donors (Lipinski definition) is 1. The zero-order valence-electron chi connectivity index (χ0n) is 9.38. The van der Waals surface area contributed by atoms with E-state index in [2.05, 4.69) is 0 Å². The smallest absolute Gasteiger partial charge is 0.148 e. The Balaban J connectivity index is 3.06. The molecule has 0 bridgehead atoms. The standard InChI is InChI=1S/C11H17FN2O/c1-4-5-14(2)10-7-11(15-3)9(13)6-8(10)12/h6-7H,4-5,13H2,1-3H3. The number of anilines is 2. The van der Waals surface area contributed by atoms with Crippen LogP contribution in [0.15, 0.2) is 12.1 Å². The highest BCUT2D eigenvalue weighted by Gasteiger charge is 2.11. The molecular weight excluding hydrogens is 195 g/mol. The van der Waals surface area contributed by atoms with Crippen LogP contribution in [0.25, 0.3) is 0 Å². The maximum Gasteiger partial charge on any atom is 0.148 e. The van der Waals surface area contributed by atoms with Gasteiger partial charge in [-0.1, -0.05) is 6.92 Å². The Morgan fingerprint density at radius 3 is 2.67 bits per heavy atom. The molecule has 0 fully saturated rings. The summed E-state index contributed by atoms with van der Waals surface area (Å²) in [6.45, 7) is 2.84. The molecule has 2 N–H and O–H groups in total. The maximum absolute atomic E-state index is 13.6. The lowest BCUT2D eigenvalue weighted by molar-refractivity contribution is 0.416. The molecule has 0 spiro atoms. The van der Waals surface area contributed by atoms with E-state index in [0.717, 1.165) is 13.0 Å². The Morgan fingerprint density at radius 2 is 2.13 bits per heavy atom. The van der Waals surface area contributed by atoms with E-state index in [1.165, 1.54) is 13.2 Å². The number of nitrogens with two attached hydrogens (primary N) is 1. The summed E-state index contributed by atoms with van der Waals surface area (Å²) in [6.07, 6.45) is 0.961. The molecule has 0 atom stereocenters. The molecule has 0 heterocycles. The Kier molecular flexibility index (Phi) is 3.77. The maximum atomic E-state index is 13.6. The summed E-state index contributed by atoms with van der Waals surface area (Å²) in [7, 11) is 3.37. The van der Waals surface area contributed by atoms with Gasteiger partial charge in [-0.25, -0.2) is 4.39 Å². The number of nitrogen functional groups attached to an aromatic ring is 1. The number of methoxy groups -OCH3 is 1. The molecule has 0 amide bonds. The third-order valence-electron chi connectivity index (χ3n) is 2.27. The summed E-state index contributed by atoms with van der Waals surface area (Å²) in [4.78, 5) is 1.84. The molecular formula is C11H17FN2O. The van der Waals surface area contributed by atoms with Gasteiger partial charge in [0.05, 0.1) is 18.5 Å². The average Bonchev–Trinajstić information content (AvgIpc) is 2.18. The van der Waals surface area contributed by atoms with Crippen molar-refractivity contribution in [2.24, 2.45) is 0 Å². The van der Waals surface area contributed by atoms with Crippen LogP contribution in [0.2, 0.25) is 0 Å². The monoisotopic (exact) mass is 212 g/mol. The van der Waals surface area contributed by atoms with Gasteiger partial charge < -0.3 is 15.4 Å². The van der Waals surface area contributed by atoms with Crippen molar-refractivity contribution in [3.05, 3.63) is 17.9 Å². The van der Waals surface area contributed by atoms with E-state index in [4.69, 9.17) is 10.5 Å². The van der Waals surface area contributed by atoms with Crippen molar-refractivity contribution in [2.75, 3.05) is 31.3 Å². The van der Waals surface area contributed by atoms with Gasteiger partial charge in [0.25, 0.3) is 0 Å². The summed E-state index contributed by atoms with van der Waals surface area (Å²) in [6, 6.07) is 2.92. The Labute approximate surface area is 89.6 Å². The summed E-state index contributed by atoms with van der Waals surface area (Å²) < 4.78 is 18.6. The molecule has 0 aliphatic rings. The van der Waals surface area contributed by atoms with Crippen molar-refractivity contribution in [1.82, 2.24) is 0 Å². The molecule has 15 heavy (non-hydrogen) atoms. The SMILES string of the molecule is CCCN(C)c1cc(OC)c(N)cc1F. The first-order valence-corrected chi connectivity index (χ1v) is 4.94. The lowest BCUT2D eigenvalue weighted by atomic mass is 10.2. The van der Waals surface area contributed by atoms with Crippen LogP contribution >= 0.6 is 0 Å². The van der Waals surface area contributed by atoms with Crippen LogP contribution in [0.4, 0.5) is 15.8 Å². The minimum atomic E-state index is -0.316. The predicted molar refractivity (Wildman–Crippen MR) is 60.9 cm³/mol. The molecule has 0 aliphatic heterocycles. The predicted octanol–water partition coefficient (Wildman–Crippen LogP) is 2.26. The third-order valence-corrected chi connectivity index (χ3v) is 2.27. The second kappa shape index (κ2) is 4.87. The number of hydrogen-bond acceptors (Lipinski definition) is 3. The molecule has 1 aromatic carbocycles. The van der Waals surface area contributed by atoms with Gasteiger partial charge in [-0.05, 0) is 6.42 Å². The van der Waals surface area contributed by atoms with Crippen molar-refractivity contribution in [1.29, 1.82) is 0 Å². The normalized spacial score (nSPS) is 10.1. The first-order chi connectivity index (χ1) is 7.10. The van der Waals surface area contributed by atoms with Crippen LogP contribution < -0.4 is 15.4 Å². The van der Waals surface area contributed by atoms with E-state index in [-0.39, 0.29) is 5.82 Å². The molecule has 1 rings (SSSR count). The number of rotatable bonds is 4. The second-order valence-electron chi connectivity index (χ2n) is 3.47. The van der Waals surface area contributed by atoms with Crippen molar-refractivity contribution in [3.63, 3.8) is 0 Å². The lowest BCUT2D eigenvalue weighted by Gasteiger charge is -2.20. The van der Waals surface area contributed by atoms with Gasteiger partial charge in [0.15, 0.2) is 0 Å². The lowest BCUT2D eigenvalue weighted by Crippen LogP contribution is -2.19. The van der Waals surface area contributed by atoms with Crippen LogP contribution in [0.5, 0.6) is 5.75 Å². The van der Waals surface area contributed by atoms with Crippen molar-refractivity contribution < 1.29 is 9.13 Å². The Hall–Kier alpha value is -1.45. The Morgan fingerprint density at radius 1 is 1.47 bits per heavy atom. The summed E-state index contributed by atoms with van der Waals surface area (Å²) in [5.41, 5.74) is 6.43. The molecule has 0 radical (unpaired) electrons. The van der Waals surface area contributed by atoms with Crippen LogP contribution in [-0.2, 0) is 0 Å². The molecule has 0 aliphatic carbocycles. The minimum Gasteiger partial charge on any atom is -0.495 e. The van der Waals surface area contributed by atoms with E-state index in [9.17, 15) is 4.39 Å². The van der Waals surface area contributed by atoms with Gasteiger partial charge in [0.1, 0.15) is 11.6 Å². The summed E-state index contributed by atoms with van der Waals surface area (Å²) in [5, 5.41) is 0. The number of halogens is 1. The van der Waals surface area contributed by atoms with Gasteiger partial charge >= 0.3 is 0 Å². The van der Waals surface area contributed by atoms with Gasteiger partial charge in [-0.15, -0.1) is 0 Å². The zero-order valence-corrected chi connectivity index (χ0v) is 9.38. The quantitative estimate of drug-likeness (QED) is 0.778. The molecule has 4 heteroatoms. The first kappa shape index (κ1) is 11.6. The highest BCUT2D eigenvalue weighted by atomic mass is 19.1. The average molecular weight is 212 g/mol. The van der Waals surface area contributed by atoms with Gasteiger partial charge in [-0.3, -0.25) is 0 Å². The van der Waals surface area contributed by atoms with E-state index >= 15 is 0 Å². The van der Waals surface area contributed by atoms with E-state index in [1.54, 1.807) is 6.07 Å². The van der Waals surface area contributed by atoms with Crippen LogP contribution in [0, 0.1) is 5.82 Å². The molecule has 0 aromatic heterocycles. The van der Waals surface area contributed by atoms with Crippen LogP contribution in [-0.4, -0.2) is 20.7 Å². The molecule has 84 valence electrons. The fourth-order valence-electron chi connectivity index (χ4n) is 1.48. The van der Waals surface area contributed by atoms with Crippen molar-refractivity contribution in [2.45, 2.75) is 13.3 Å². The summed E-state index contributed by atoms with van der Waals surface area (Å²) in [5.74, 6) is 0.193. The van der Waals surface area contributed by atoms with E-state index in [0.29, 0.717) is 17.1 Å². The number of benzene rings is 1. The third kappa shape index (κ3) is 2.52. The Bertz CT molecular complexity index is 342. The fraction of sp³-hybridized carbons (Fsp3) is 0.455. The van der Waals surface area contributed by atoms with E-state index < -0.39 is 0 Å². The van der Waals surface area contributed by atoms with Crippen LogP contribution in [0.1, 0.15) is 13.3 Å². The van der Waals surface area contributed by atoms with Gasteiger partial charge in [-0.2, -0.15) is 0 Å². The highest BCUT2D eigenvalue weighted by Crippen LogP contribution is 2.30. The number of nitrogens with zero attached hydrogens (tertiary/aromatic N) is 1. The second-order valence-corrected chi connectivity index (χ2v) is 3.47. The van der Waals surface area contributed by atoms with Gasteiger partial charge in [0.2, 0.25) is 0 Å². The van der Waals surface area contributed by atoms with Crippen molar-refractivity contribution >= 4 is 11.4 Å². The fourth-order valence-corrected chi connectivity index (χ4v) is 1.48. The number of ether oxygens (including phenoxy) is 1. The minimum absolute atomic E-state index is 0.316. The van der Waals surface area contributed by atoms with E-state index in [1.807, 2.05) is 18.9 Å². The molecule has 1 aromatic rings. The topological polar surface area (TPSA) is 38.5 Å². The highest BCUT2D eigenvalue weighted by molar-refractivity contribution is 5.63. The first-order valence-electron chi connectivity index (χ1n) is 4.94. The molecule has 0 unspecified atom stereocenters. The zero-order chi connectivity index (χ0) is 11.4. The van der Waals surface area contributed by atoms with Crippen LogP contribution in [0.3, 0.4) is 0 Å². The molecule has 3 nitrogen and oxygen atoms in total. The summed E-state index contributed by atoms with van der Waals surface area (Å²) >= 11 is 0. The van der Waals surface area contributed by atoms with Crippen molar-refractivity contribution in [3.8, 4) is 5.75 Å². The van der Waals surface area contributed by atoms with Gasteiger partial charge in [0, 0.05) is 25.7 Å².